The van der Waals surface area contributed by atoms with Crippen LogP contribution in [0.15, 0.2) is 42.6 Å². The number of urea groups is 1. The number of carbonyl (C=O) groups excluding carboxylic acids is 2. The third kappa shape index (κ3) is 5.14. The van der Waals surface area contributed by atoms with Gasteiger partial charge in [-0.05, 0) is 61.9 Å². The summed E-state index contributed by atoms with van der Waals surface area (Å²) < 4.78 is 6.03. The summed E-state index contributed by atoms with van der Waals surface area (Å²) in [5, 5.41) is 6.69. The van der Waals surface area contributed by atoms with Gasteiger partial charge in [-0.15, -0.1) is 11.3 Å². The highest BCUT2D eigenvalue weighted by Gasteiger charge is 2.16. The number of amides is 2. The van der Waals surface area contributed by atoms with Crippen molar-refractivity contribution in [3.63, 3.8) is 0 Å². The first-order chi connectivity index (χ1) is 15.1. The van der Waals surface area contributed by atoms with Crippen molar-refractivity contribution in [3.05, 3.63) is 53.0 Å². The Morgan fingerprint density at radius 1 is 1.16 bits per heavy atom. The molecule has 3 heterocycles. The Morgan fingerprint density at radius 2 is 2.00 bits per heavy atom. The average Bonchev–Trinajstić information content (AvgIpc) is 3.22. The van der Waals surface area contributed by atoms with Crippen molar-refractivity contribution in [2.75, 3.05) is 29.9 Å². The SMILES string of the molecule is CCOC(=O)c1cc2cc(NC(=O)NCc3cccnc3N3CCCCC3)ccc2s1. The van der Waals surface area contributed by atoms with Crippen molar-refractivity contribution in [2.45, 2.75) is 32.7 Å². The zero-order valence-electron chi connectivity index (χ0n) is 17.5. The number of pyridine rings is 1. The molecule has 0 spiro atoms. The molecule has 0 saturated carbocycles. The fraction of sp³-hybridized carbons (Fsp3) is 0.348. The predicted molar refractivity (Wildman–Crippen MR) is 124 cm³/mol. The van der Waals surface area contributed by atoms with Crippen molar-refractivity contribution >= 4 is 44.9 Å². The first-order valence-corrected chi connectivity index (χ1v) is 11.4. The van der Waals surface area contributed by atoms with E-state index in [9.17, 15) is 9.59 Å². The molecule has 1 saturated heterocycles. The quantitative estimate of drug-likeness (QED) is 0.541. The van der Waals surface area contributed by atoms with E-state index in [2.05, 4.69) is 20.5 Å². The molecule has 1 fully saturated rings. The molecular formula is C23H26N4O3S. The number of carbonyl (C=O) groups is 2. The van der Waals surface area contributed by atoms with Crippen molar-refractivity contribution in [1.29, 1.82) is 0 Å². The lowest BCUT2D eigenvalue weighted by molar-refractivity contribution is 0.0532. The Morgan fingerprint density at radius 3 is 2.81 bits per heavy atom. The fourth-order valence-corrected chi connectivity index (χ4v) is 4.67. The number of hydrogen-bond donors (Lipinski definition) is 2. The molecule has 1 aliphatic heterocycles. The number of nitrogens with zero attached hydrogens (tertiary/aromatic N) is 2. The number of piperidine rings is 1. The second kappa shape index (κ2) is 9.78. The molecule has 1 aromatic carbocycles. The van der Waals surface area contributed by atoms with Gasteiger partial charge in [0.05, 0.1) is 6.61 Å². The summed E-state index contributed by atoms with van der Waals surface area (Å²) in [7, 11) is 0. The van der Waals surface area contributed by atoms with Gasteiger partial charge in [-0.2, -0.15) is 0 Å². The van der Waals surface area contributed by atoms with Gasteiger partial charge in [0, 0.05) is 41.8 Å². The number of aromatic nitrogens is 1. The minimum Gasteiger partial charge on any atom is -0.462 e. The zero-order chi connectivity index (χ0) is 21.6. The van der Waals surface area contributed by atoms with Crippen LogP contribution in [0.2, 0.25) is 0 Å². The summed E-state index contributed by atoms with van der Waals surface area (Å²) in [4.78, 5) is 31.8. The average molecular weight is 439 g/mol. The molecule has 31 heavy (non-hydrogen) atoms. The molecule has 0 aliphatic carbocycles. The summed E-state index contributed by atoms with van der Waals surface area (Å²) >= 11 is 1.38. The van der Waals surface area contributed by atoms with E-state index in [0.29, 0.717) is 23.7 Å². The van der Waals surface area contributed by atoms with Crippen molar-refractivity contribution < 1.29 is 14.3 Å². The molecular weight excluding hydrogens is 412 g/mol. The van der Waals surface area contributed by atoms with E-state index in [4.69, 9.17) is 4.74 Å². The van der Waals surface area contributed by atoms with Crippen LogP contribution in [0.4, 0.5) is 16.3 Å². The third-order valence-electron chi connectivity index (χ3n) is 5.21. The summed E-state index contributed by atoms with van der Waals surface area (Å²) in [5.74, 6) is 0.630. The van der Waals surface area contributed by atoms with Crippen LogP contribution < -0.4 is 15.5 Å². The zero-order valence-corrected chi connectivity index (χ0v) is 18.3. The molecule has 2 aromatic heterocycles. The van der Waals surface area contributed by atoms with Crippen LogP contribution >= 0.6 is 11.3 Å². The number of thiophene rings is 1. The van der Waals surface area contributed by atoms with Gasteiger partial charge in [0.2, 0.25) is 0 Å². The Bertz CT molecular complexity index is 1080. The third-order valence-corrected chi connectivity index (χ3v) is 6.31. The summed E-state index contributed by atoms with van der Waals surface area (Å²) in [6, 6.07) is 11.0. The predicted octanol–water partition coefficient (Wildman–Crippen LogP) is 4.79. The molecule has 0 bridgehead atoms. The van der Waals surface area contributed by atoms with Gasteiger partial charge in [0.1, 0.15) is 10.7 Å². The highest BCUT2D eigenvalue weighted by Crippen LogP contribution is 2.29. The topological polar surface area (TPSA) is 83.6 Å². The molecule has 3 aromatic rings. The number of benzene rings is 1. The number of ether oxygens (including phenoxy) is 1. The van der Waals surface area contributed by atoms with Crippen LogP contribution in [0.25, 0.3) is 10.1 Å². The van der Waals surface area contributed by atoms with Gasteiger partial charge >= 0.3 is 12.0 Å². The summed E-state index contributed by atoms with van der Waals surface area (Å²) in [6.45, 7) is 4.54. The lowest BCUT2D eigenvalue weighted by atomic mass is 10.1. The van der Waals surface area contributed by atoms with Crippen LogP contribution in [-0.4, -0.2) is 36.7 Å². The maximum atomic E-state index is 12.5. The van der Waals surface area contributed by atoms with Crippen LogP contribution in [0.3, 0.4) is 0 Å². The first kappa shape index (κ1) is 21.1. The van der Waals surface area contributed by atoms with E-state index < -0.39 is 0 Å². The molecule has 4 rings (SSSR count). The smallest absolute Gasteiger partial charge is 0.348 e. The second-order valence-electron chi connectivity index (χ2n) is 7.43. The summed E-state index contributed by atoms with van der Waals surface area (Å²) in [6.07, 6.45) is 5.41. The van der Waals surface area contributed by atoms with E-state index >= 15 is 0 Å². The maximum Gasteiger partial charge on any atom is 0.348 e. The van der Waals surface area contributed by atoms with Crippen LogP contribution in [-0.2, 0) is 11.3 Å². The van der Waals surface area contributed by atoms with E-state index in [1.165, 1.54) is 30.6 Å². The lowest BCUT2D eigenvalue weighted by Gasteiger charge is -2.29. The Hall–Kier alpha value is -3.13. The van der Waals surface area contributed by atoms with Gasteiger partial charge < -0.3 is 20.3 Å². The number of rotatable bonds is 6. The molecule has 0 radical (unpaired) electrons. The number of nitrogens with one attached hydrogen (secondary N) is 2. The molecule has 0 unspecified atom stereocenters. The number of anilines is 2. The monoisotopic (exact) mass is 438 g/mol. The standard InChI is InChI=1S/C23H26N4O3S/c1-2-30-22(28)20-14-17-13-18(8-9-19(17)31-20)26-23(29)25-15-16-7-6-10-24-21(16)27-11-4-3-5-12-27/h6-10,13-14H,2-5,11-12,15H2,1H3,(H2,25,26,29). The van der Waals surface area contributed by atoms with Gasteiger partial charge in [-0.3, -0.25) is 0 Å². The van der Waals surface area contributed by atoms with E-state index in [-0.39, 0.29) is 12.0 Å². The fourth-order valence-electron chi connectivity index (χ4n) is 3.73. The summed E-state index contributed by atoms with van der Waals surface area (Å²) in [5.41, 5.74) is 1.67. The lowest BCUT2D eigenvalue weighted by Crippen LogP contribution is -2.33. The Kier molecular flexibility index (Phi) is 6.66. The van der Waals surface area contributed by atoms with Crippen molar-refractivity contribution in [1.82, 2.24) is 10.3 Å². The minimum absolute atomic E-state index is 0.284. The first-order valence-electron chi connectivity index (χ1n) is 10.6. The number of fused-ring (bicyclic) bond motifs is 1. The van der Waals surface area contributed by atoms with Gasteiger partial charge in [-0.25, -0.2) is 14.6 Å². The molecule has 2 amide bonds. The van der Waals surface area contributed by atoms with Crippen molar-refractivity contribution in [3.8, 4) is 0 Å². The number of esters is 1. The molecule has 2 N–H and O–H groups in total. The molecule has 0 atom stereocenters. The molecule has 8 heteroatoms. The van der Waals surface area contributed by atoms with Gasteiger partial charge in [-0.1, -0.05) is 6.07 Å². The number of hydrogen-bond acceptors (Lipinski definition) is 6. The van der Waals surface area contributed by atoms with E-state index in [0.717, 1.165) is 34.6 Å². The molecule has 7 nitrogen and oxygen atoms in total. The van der Waals surface area contributed by atoms with Crippen molar-refractivity contribution in [2.24, 2.45) is 0 Å². The van der Waals surface area contributed by atoms with Crippen LogP contribution in [0.1, 0.15) is 41.4 Å². The molecule has 1 aliphatic rings. The van der Waals surface area contributed by atoms with Gasteiger partial charge in [0.25, 0.3) is 0 Å². The van der Waals surface area contributed by atoms with E-state index in [1.54, 1.807) is 19.2 Å². The largest absolute Gasteiger partial charge is 0.462 e. The maximum absolute atomic E-state index is 12.5. The van der Waals surface area contributed by atoms with E-state index in [1.807, 2.05) is 30.3 Å². The highest BCUT2D eigenvalue weighted by atomic mass is 32.1. The van der Waals surface area contributed by atoms with Crippen LogP contribution in [0, 0.1) is 0 Å². The normalized spacial score (nSPS) is 13.8. The highest BCUT2D eigenvalue weighted by molar-refractivity contribution is 7.20. The Balaban J connectivity index is 1.39. The Labute approximate surface area is 185 Å². The van der Waals surface area contributed by atoms with Crippen LogP contribution in [0.5, 0.6) is 0 Å². The minimum atomic E-state index is -0.322. The molecule has 162 valence electrons. The van der Waals surface area contributed by atoms with Gasteiger partial charge in [0.15, 0.2) is 0 Å². The second-order valence-corrected chi connectivity index (χ2v) is 8.51.